The standard InChI is InChI=1S/C16H10BrF2N3O2/c1-8-2-4-9(5-3-8)14-15(22-24-21-14)20-16(23)13-11(18)6-10(17)7-12(13)19/h2-7H,1H3,(H,20,22,23). The predicted octanol–water partition coefficient (Wildman–Crippen LogP) is 4.34. The van der Waals surface area contributed by atoms with Crippen molar-refractivity contribution in [2.75, 3.05) is 5.32 Å². The second-order valence-corrected chi connectivity index (χ2v) is 5.94. The Balaban J connectivity index is 1.92. The van der Waals surface area contributed by atoms with Crippen molar-refractivity contribution in [3.05, 3.63) is 63.6 Å². The van der Waals surface area contributed by atoms with Crippen LogP contribution in [-0.4, -0.2) is 16.2 Å². The van der Waals surface area contributed by atoms with Gasteiger partial charge in [0, 0.05) is 10.0 Å². The van der Waals surface area contributed by atoms with Crippen LogP contribution in [0, 0.1) is 18.6 Å². The SMILES string of the molecule is Cc1ccc(-c2nonc2NC(=O)c2c(F)cc(Br)cc2F)cc1. The van der Waals surface area contributed by atoms with E-state index in [0.717, 1.165) is 17.7 Å². The number of amides is 1. The summed E-state index contributed by atoms with van der Waals surface area (Å²) in [6.07, 6.45) is 0. The third kappa shape index (κ3) is 3.18. The zero-order valence-electron chi connectivity index (χ0n) is 12.3. The van der Waals surface area contributed by atoms with Crippen molar-refractivity contribution in [2.24, 2.45) is 0 Å². The average Bonchev–Trinajstić information content (AvgIpc) is 2.95. The van der Waals surface area contributed by atoms with E-state index in [4.69, 9.17) is 0 Å². The molecule has 3 aromatic rings. The van der Waals surface area contributed by atoms with Crippen molar-refractivity contribution < 1.29 is 18.2 Å². The Hall–Kier alpha value is -2.61. The van der Waals surface area contributed by atoms with Crippen molar-refractivity contribution in [3.8, 4) is 11.3 Å². The molecular weight excluding hydrogens is 384 g/mol. The molecule has 3 rings (SSSR count). The maximum Gasteiger partial charge on any atom is 0.262 e. The molecule has 2 aromatic carbocycles. The van der Waals surface area contributed by atoms with Gasteiger partial charge in [-0.25, -0.2) is 13.4 Å². The number of hydrogen-bond acceptors (Lipinski definition) is 4. The van der Waals surface area contributed by atoms with Crippen LogP contribution in [-0.2, 0) is 0 Å². The molecule has 0 aliphatic carbocycles. The number of rotatable bonds is 3. The highest BCUT2D eigenvalue weighted by Crippen LogP contribution is 2.26. The number of aromatic nitrogens is 2. The minimum Gasteiger partial charge on any atom is -0.302 e. The molecule has 0 radical (unpaired) electrons. The predicted molar refractivity (Wildman–Crippen MR) is 86.5 cm³/mol. The van der Waals surface area contributed by atoms with Crippen LogP contribution in [0.25, 0.3) is 11.3 Å². The molecule has 1 heterocycles. The smallest absolute Gasteiger partial charge is 0.262 e. The second kappa shape index (κ2) is 6.48. The summed E-state index contributed by atoms with van der Waals surface area (Å²) in [5.41, 5.74) is 1.24. The summed E-state index contributed by atoms with van der Waals surface area (Å²) in [7, 11) is 0. The van der Waals surface area contributed by atoms with Gasteiger partial charge >= 0.3 is 0 Å². The molecule has 0 aliphatic heterocycles. The maximum absolute atomic E-state index is 13.9. The third-order valence-electron chi connectivity index (χ3n) is 3.28. The first-order valence-corrected chi connectivity index (χ1v) is 7.60. The summed E-state index contributed by atoms with van der Waals surface area (Å²) in [4.78, 5) is 12.2. The Bertz CT molecular complexity index is 887. The van der Waals surface area contributed by atoms with E-state index in [1.54, 1.807) is 12.1 Å². The minimum atomic E-state index is -0.993. The number of carbonyl (C=O) groups excluding carboxylic acids is 1. The summed E-state index contributed by atoms with van der Waals surface area (Å²) in [5, 5.41) is 9.63. The largest absolute Gasteiger partial charge is 0.302 e. The zero-order valence-corrected chi connectivity index (χ0v) is 13.9. The van der Waals surface area contributed by atoms with Crippen LogP contribution in [0.2, 0.25) is 0 Å². The Labute approximate surface area is 143 Å². The first kappa shape index (κ1) is 16.3. The monoisotopic (exact) mass is 393 g/mol. The van der Waals surface area contributed by atoms with Crippen molar-refractivity contribution in [3.63, 3.8) is 0 Å². The van der Waals surface area contributed by atoms with E-state index in [2.05, 4.69) is 36.2 Å². The minimum absolute atomic E-state index is 0.0226. The molecule has 5 nitrogen and oxygen atoms in total. The van der Waals surface area contributed by atoms with Crippen LogP contribution >= 0.6 is 15.9 Å². The van der Waals surface area contributed by atoms with Crippen LogP contribution in [0.3, 0.4) is 0 Å². The van der Waals surface area contributed by atoms with E-state index in [9.17, 15) is 13.6 Å². The Morgan fingerprint density at radius 1 is 1.12 bits per heavy atom. The maximum atomic E-state index is 13.9. The lowest BCUT2D eigenvalue weighted by Crippen LogP contribution is -2.16. The van der Waals surface area contributed by atoms with Gasteiger partial charge in [0.15, 0.2) is 5.69 Å². The van der Waals surface area contributed by atoms with E-state index in [-0.39, 0.29) is 16.0 Å². The molecule has 1 aromatic heterocycles. The highest BCUT2D eigenvalue weighted by atomic mass is 79.9. The Kier molecular flexibility index (Phi) is 4.39. The lowest BCUT2D eigenvalue weighted by atomic mass is 10.1. The molecule has 24 heavy (non-hydrogen) atoms. The summed E-state index contributed by atoms with van der Waals surface area (Å²) in [6.45, 7) is 1.92. The third-order valence-corrected chi connectivity index (χ3v) is 3.74. The highest BCUT2D eigenvalue weighted by molar-refractivity contribution is 9.10. The van der Waals surface area contributed by atoms with E-state index in [1.807, 2.05) is 19.1 Å². The van der Waals surface area contributed by atoms with E-state index in [1.165, 1.54) is 0 Å². The van der Waals surface area contributed by atoms with Crippen molar-refractivity contribution in [1.29, 1.82) is 0 Å². The summed E-state index contributed by atoms with van der Waals surface area (Å²) < 4.78 is 32.6. The molecule has 0 atom stereocenters. The topological polar surface area (TPSA) is 68.0 Å². The Morgan fingerprint density at radius 3 is 2.38 bits per heavy atom. The Morgan fingerprint density at radius 2 is 1.75 bits per heavy atom. The fraction of sp³-hybridized carbons (Fsp3) is 0.0625. The highest BCUT2D eigenvalue weighted by Gasteiger charge is 2.22. The number of halogens is 3. The fourth-order valence-electron chi connectivity index (χ4n) is 2.10. The van der Waals surface area contributed by atoms with E-state index in [0.29, 0.717) is 5.56 Å². The first-order valence-electron chi connectivity index (χ1n) is 6.81. The van der Waals surface area contributed by atoms with Gasteiger partial charge in [0.1, 0.15) is 17.2 Å². The average molecular weight is 394 g/mol. The summed E-state index contributed by atoms with van der Waals surface area (Å²) >= 11 is 2.96. The molecule has 1 amide bonds. The van der Waals surface area contributed by atoms with Crippen LogP contribution < -0.4 is 5.32 Å². The number of anilines is 1. The molecule has 1 N–H and O–H groups in total. The number of benzene rings is 2. The number of carbonyl (C=O) groups is 1. The van der Waals surface area contributed by atoms with Crippen molar-refractivity contribution in [1.82, 2.24) is 10.3 Å². The molecule has 0 unspecified atom stereocenters. The molecule has 0 fully saturated rings. The first-order chi connectivity index (χ1) is 11.5. The zero-order chi connectivity index (χ0) is 17.3. The van der Waals surface area contributed by atoms with Crippen molar-refractivity contribution >= 4 is 27.7 Å². The molecular formula is C16H10BrF2N3O2. The molecule has 122 valence electrons. The van der Waals surface area contributed by atoms with Gasteiger partial charge < -0.3 is 5.32 Å². The van der Waals surface area contributed by atoms with Gasteiger partial charge in [-0.1, -0.05) is 45.8 Å². The molecule has 8 heteroatoms. The lowest BCUT2D eigenvalue weighted by Gasteiger charge is -2.06. The van der Waals surface area contributed by atoms with E-state index >= 15 is 0 Å². The quantitative estimate of drug-likeness (QED) is 0.718. The van der Waals surface area contributed by atoms with Gasteiger partial charge in [-0.05, 0) is 29.4 Å². The van der Waals surface area contributed by atoms with Crippen molar-refractivity contribution in [2.45, 2.75) is 6.92 Å². The van der Waals surface area contributed by atoms with Crippen LogP contribution in [0.5, 0.6) is 0 Å². The number of nitrogens with zero attached hydrogens (tertiary/aromatic N) is 2. The molecule has 0 saturated carbocycles. The van der Waals surface area contributed by atoms with Gasteiger partial charge in [0.05, 0.1) is 0 Å². The molecule has 0 saturated heterocycles. The fourth-order valence-corrected chi connectivity index (χ4v) is 2.50. The van der Waals surface area contributed by atoms with Gasteiger partial charge in [-0.2, -0.15) is 0 Å². The van der Waals surface area contributed by atoms with Crippen LogP contribution in [0.1, 0.15) is 15.9 Å². The lowest BCUT2D eigenvalue weighted by molar-refractivity contribution is 0.101. The van der Waals surface area contributed by atoms with Gasteiger partial charge in [0.2, 0.25) is 5.82 Å². The number of nitrogens with one attached hydrogen (secondary N) is 1. The molecule has 0 aliphatic rings. The molecule has 0 spiro atoms. The normalized spacial score (nSPS) is 10.7. The van der Waals surface area contributed by atoms with Gasteiger partial charge in [-0.3, -0.25) is 4.79 Å². The number of hydrogen-bond donors (Lipinski definition) is 1. The summed E-state index contributed by atoms with van der Waals surface area (Å²) in [6, 6.07) is 9.24. The van der Waals surface area contributed by atoms with E-state index < -0.39 is 23.1 Å². The second-order valence-electron chi connectivity index (χ2n) is 5.03. The van der Waals surface area contributed by atoms with Gasteiger partial charge in [0.25, 0.3) is 5.91 Å². The van der Waals surface area contributed by atoms with Crippen LogP contribution in [0.4, 0.5) is 14.6 Å². The van der Waals surface area contributed by atoms with Gasteiger partial charge in [-0.15, -0.1) is 0 Å². The molecule has 0 bridgehead atoms. The number of aryl methyl sites for hydroxylation is 1. The summed E-state index contributed by atoms with van der Waals surface area (Å²) in [5.74, 6) is -2.99. The van der Waals surface area contributed by atoms with Crippen LogP contribution in [0.15, 0.2) is 45.5 Å².